The van der Waals surface area contributed by atoms with Gasteiger partial charge in [0.15, 0.2) is 9.84 Å². The lowest BCUT2D eigenvalue weighted by molar-refractivity contribution is -0.133. The highest BCUT2D eigenvalue weighted by Crippen LogP contribution is 2.30. The van der Waals surface area contributed by atoms with E-state index in [0.717, 1.165) is 30.6 Å². The molecule has 2 fully saturated rings. The van der Waals surface area contributed by atoms with Gasteiger partial charge in [0.05, 0.1) is 17.3 Å². The van der Waals surface area contributed by atoms with Crippen LogP contribution in [0.15, 0.2) is 23.1 Å². The van der Waals surface area contributed by atoms with Gasteiger partial charge in [0.25, 0.3) is 0 Å². The highest BCUT2D eigenvalue weighted by molar-refractivity contribution is 8.00. The molecule has 0 spiro atoms. The van der Waals surface area contributed by atoms with Gasteiger partial charge in [-0.25, -0.2) is 8.42 Å². The van der Waals surface area contributed by atoms with Crippen LogP contribution >= 0.6 is 11.8 Å². The van der Waals surface area contributed by atoms with Crippen molar-refractivity contribution in [1.82, 2.24) is 4.90 Å². The van der Waals surface area contributed by atoms with Gasteiger partial charge in [-0.1, -0.05) is 25.3 Å². The van der Waals surface area contributed by atoms with Gasteiger partial charge >= 0.3 is 0 Å². The maximum Gasteiger partial charge on any atom is 0.233 e. The molecule has 1 saturated heterocycles. The zero-order valence-corrected chi connectivity index (χ0v) is 17.4. The quantitative estimate of drug-likeness (QED) is 0.713. The second-order valence-corrected chi connectivity index (χ2v) is 11.0. The summed E-state index contributed by atoms with van der Waals surface area (Å²) >= 11 is 1.56. The van der Waals surface area contributed by atoms with E-state index in [4.69, 9.17) is 0 Å². The minimum atomic E-state index is -2.99. The molecule has 2 aliphatic rings. The first-order valence-corrected chi connectivity index (χ1v) is 12.4. The molecule has 0 N–H and O–H groups in total. The summed E-state index contributed by atoms with van der Waals surface area (Å²) in [6, 6.07) is 6.36. The summed E-state index contributed by atoms with van der Waals surface area (Å²) in [4.78, 5) is 16.1. The van der Waals surface area contributed by atoms with Gasteiger partial charge in [0, 0.05) is 17.0 Å². The van der Waals surface area contributed by atoms with E-state index in [2.05, 4.69) is 32.0 Å². The average molecular weight is 396 g/mol. The van der Waals surface area contributed by atoms with Crippen molar-refractivity contribution in [1.29, 1.82) is 0 Å². The van der Waals surface area contributed by atoms with Crippen molar-refractivity contribution in [2.75, 3.05) is 17.3 Å². The fourth-order valence-corrected chi connectivity index (χ4v) is 6.66. The van der Waals surface area contributed by atoms with Crippen LogP contribution in [0, 0.1) is 13.8 Å². The fraction of sp³-hybridized carbons (Fsp3) is 0.650. The molecule has 1 aliphatic carbocycles. The number of rotatable bonds is 5. The summed E-state index contributed by atoms with van der Waals surface area (Å²) in [5.41, 5.74) is 2.48. The Kier molecular flexibility index (Phi) is 6.33. The van der Waals surface area contributed by atoms with Gasteiger partial charge in [0.2, 0.25) is 5.91 Å². The lowest BCUT2D eigenvalue weighted by atomic mass is 9.93. The van der Waals surface area contributed by atoms with Crippen LogP contribution in [0.25, 0.3) is 0 Å². The number of carbonyl (C=O) groups excluding carboxylic acids is 1. The Bertz CT molecular complexity index is 754. The van der Waals surface area contributed by atoms with Gasteiger partial charge in [-0.3, -0.25) is 4.79 Å². The molecule has 1 aromatic carbocycles. The van der Waals surface area contributed by atoms with Crippen molar-refractivity contribution in [3.63, 3.8) is 0 Å². The maximum atomic E-state index is 13.1. The normalized spacial score (nSPS) is 23.1. The van der Waals surface area contributed by atoms with Crippen molar-refractivity contribution in [2.24, 2.45) is 0 Å². The van der Waals surface area contributed by atoms with Crippen molar-refractivity contribution >= 4 is 27.5 Å². The molecule has 26 heavy (non-hydrogen) atoms. The molecule has 0 bridgehead atoms. The van der Waals surface area contributed by atoms with E-state index in [9.17, 15) is 13.2 Å². The Morgan fingerprint density at radius 1 is 1.08 bits per heavy atom. The summed E-state index contributed by atoms with van der Waals surface area (Å²) < 4.78 is 23.9. The molecule has 6 heteroatoms. The zero-order valence-electron chi connectivity index (χ0n) is 15.7. The van der Waals surface area contributed by atoms with Gasteiger partial charge in [0.1, 0.15) is 0 Å². The number of thioether (sulfide) groups is 1. The number of carbonyl (C=O) groups is 1. The molecule has 1 atom stereocenters. The third kappa shape index (κ3) is 4.83. The van der Waals surface area contributed by atoms with Crippen molar-refractivity contribution in [3.05, 3.63) is 29.3 Å². The molecule has 3 rings (SSSR count). The van der Waals surface area contributed by atoms with Crippen LogP contribution < -0.4 is 0 Å². The van der Waals surface area contributed by atoms with E-state index in [1.807, 2.05) is 4.90 Å². The first kappa shape index (κ1) is 19.7. The summed E-state index contributed by atoms with van der Waals surface area (Å²) in [6.45, 7) is 4.17. The minimum Gasteiger partial charge on any atom is -0.335 e. The van der Waals surface area contributed by atoms with Gasteiger partial charge in [-0.15, -0.1) is 11.8 Å². The SMILES string of the molecule is Cc1ccc(SCC(=O)N(C2CCCCC2)C2CCS(=O)(=O)C2)cc1C. The molecule has 4 nitrogen and oxygen atoms in total. The number of nitrogens with zero attached hydrogens (tertiary/aromatic N) is 1. The smallest absolute Gasteiger partial charge is 0.233 e. The predicted octanol–water partition coefficient (Wildman–Crippen LogP) is 3.74. The van der Waals surface area contributed by atoms with Gasteiger partial charge in [-0.2, -0.15) is 0 Å². The number of sulfone groups is 1. The highest BCUT2D eigenvalue weighted by Gasteiger charge is 2.38. The monoisotopic (exact) mass is 395 g/mol. The number of amides is 1. The topological polar surface area (TPSA) is 54.5 Å². The number of benzene rings is 1. The molecule has 1 heterocycles. The first-order chi connectivity index (χ1) is 12.4. The van der Waals surface area contributed by atoms with Crippen LogP contribution in [-0.2, 0) is 14.6 Å². The Labute approximate surface area is 161 Å². The van der Waals surface area contributed by atoms with Gasteiger partial charge < -0.3 is 4.90 Å². The van der Waals surface area contributed by atoms with E-state index in [1.165, 1.54) is 17.5 Å². The Balaban J connectivity index is 1.70. The van der Waals surface area contributed by atoms with E-state index in [-0.39, 0.29) is 29.5 Å². The Hall–Kier alpha value is -1.01. The summed E-state index contributed by atoms with van der Waals surface area (Å²) in [6.07, 6.45) is 6.11. The third-order valence-corrected chi connectivity index (χ3v) is 8.43. The van der Waals surface area contributed by atoms with Crippen LogP contribution in [-0.4, -0.2) is 48.6 Å². The van der Waals surface area contributed by atoms with E-state index in [0.29, 0.717) is 12.2 Å². The third-order valence-electron chi connectivity index (χ3n) is 5.70. The molecule has 0 radical (unpaired) electrons. The van der Waals surface area contributed by atoms with Gasteiger partial charge in [-0.05, 0) is 56.4 Å². The van der Waals surface area contributed by atoms with Crippen LogP contribution in [0.5, 0.6) is 0 Å². The molecular weight excluding hydrogens is 366 g/mol. The van der Waals surface area contributed by atoms with E-state index < -0.39 is 9.84 Å². The summed E-state index contributed by atoms with van der Waals surface area (Å²) in [5, 5.41) is 0. The van der Waals surface area contributed by atoms with E-state index >= 15 is 0 Å². The van der Waals surface area contributed by atoms with Crippen LogP contribution in [0.1, 0.15) is 49.7 Å². The molecule has 144 valence electrons. The number of hydrogen-bond donors (Lipinski definition) is 0. The van der Waals surface area contributed by atoms with Crippen LogP contribution in [0.2, 0.25) is 0 Å². The highest BCUT2D eigenvalue weighted by atomic mass is 32.2. The van der Waals surface area contributed by atoms with Crippen molar-refractivity contribution < 1.29 is 13.2 Å². The molecule has 1 amide bonds. The van der Waals surface area contributed by atoms with Crippen molar-refractivity contribution in [3.8, 4) is 0 Å². The zero-order chi connectivity index (χ0) is 18.7. The second-order valence-electron chi connectivity index (χ2n) is 7.68. The molecular formula is C20H29NO3S2. The molecule has 1 saturated carbocycles. The standard InChI is InChI=1S/C20H29NO3S2/c1-15-8-9-19(12-16(15)2)25-13-20(22)21(17-6-4-3-5-7-17)18-10-11-26(23,24)14-18/h8-9,12,17-18H,3-7,10-11,13-14H2,1-2H3. The molecule has 0 aromatic heterocycles. The first-order valence-electron chi connectivity index (χ1n) is 9.57. The van der Waals surface area contributed by atoms with E-state index in [1.54, 1.807) is 11.8 Å². The lowest BCUT2D eigenvalue weighted by Gasteiger charge is -2.38. The summed E-state index contributed by atoms with van der Waals surface area (Å²) in [5.74, 6) is 0.847. The van der Waals surface area contributed by atoms with Crippen LogP contribution in [0.3, 0.4) is 0 Å². The fourth-order valence-electron chi connectivity index (χ4n) is 4.08. The largest absolute Gasteiger partial charge is 0.335 e. The molecule has 1 unspecified atom stereocenters. The second kappa shape index (κ2) is 8.34. The minimum absolute atomic E-state index is 0.0993. The van der Waals surface area contributed by atoms with Crippen molar-refractivity contribution in [2.45, 2.75) is 69.4 Å². The predicted molar refractivity (Wildman–Crippen MR) is 107 cm³/mol. The summed E-state index contributed by atoms with van der Waals surface area (Å²) in [7, 11) is -2.99. The maximum absolute atomic E-state index is 13.1. The Morgan fingerprint density at radius 2 is 1.81 bits per heavy atom. The Morgan fingerprint density at radius 3 is 2.42 bits per heavy atom. The lowest BCUT2D eigenvalue weighted by Crippen LogP contribution is -2.49. The molecule has 1 aromatic rings. The molecule has 1 aliphatic heterocycles. The van der Waals surface area contributed by atoms with Crippen LogP contribution in [0.4, 0.5) is 0 Å². The number of hydrogen-bond acceptors (Lipinski definition) is 4. The average Bonchev–Trinajstić information content (AvgIpc) is 2.96. The number of aryl methyl sites for hydroxylation is 2.